The minimum absolute atomic E-state index is 0.0703. The highest BCUT2D eigenvalue weighted by Gasteiger charge is 2.18. The summed E-state index contributed by atoms with van der Waals surface area (Å²) < 4.78 is 6.47. The molecule has 0 unspecified atom stereocenters. The molecular formula is C16H17BrN2O2. The maximum atomic E-state index is 12.5. The molecule has 2 aromatic rings. The van der Waals surface area contributed by atoms with Gasteiger partial charge < -0.3 is 10.1 Å². The number of nitrogens with one attached hydrogen (secondary N) is 1. The monoisotopic (exact) mass is 348 g/mol. The van der Waals surface area contributed by atoms with E-state index in [1.807, 2.05) is 31.2 Å². The molecule has 5 heteroatoms. The van der Waals surface area contributed by atoms with Gasteiger partial charge in [-0.3, -0.25) is 9.78 Å². The fourth-order valence-corrected chi connectivity index (χ4v) is 2.99. The van der Waals surface area contributed by atoms with Crippen LogP contribution in [-0.4, -0.2) is 30.1 Å². The number of pyridine rings is 1. The largest absolute Gasteiger partial charge is 0.376 e. The summed E-state index contributed by atoms with van der Waals surface area (Å²) >= 11 is 3.45. The van der Waals surface area contributed by atoms with Crippen LogP contribution < -0.4 is 5.32 Å². The van der Waals surface area contributed by atoms with E-state index in [0.29, 0.717) is 12.1 Å². The van der Waals surface area contributed by atoms with Crippen LogP contribution in [0.5, 0.6) is 0 Å². The molecule has 1 saturated heterocycles. The highest BCUT2D eigenvalue weighted by Crippen LogP contribution is 2.23. The molecule has 1 aliphatic rings. The summed E-state index contributed by atoms with van der Waals surface area (Å²) in [7, 11) is 0. The summed E-state index contributed by atoms with van der Waals surface area (Å²) in [6.07, 6.45) is 2.24. The molecule has 3 rings (SSSR count). The van der Waals surface area contributed by atoms with Gasteiger partial charge in [0, 0.05) is 28.7 Å². The molecule has 0 spiro atoms. The van der Waals surface area contributed by atoms with Crippen LogP contribution in [0.1, 0.15) is 28.9 Å². The summed E-state index contributed by atoms with van der Waals surface area (Å²) in [4.78, 5) is 16.9. The smallest absolute Gasteiger partial charge is 0.252 e. The third-order valence-corrected chi connectivity index (χ3v) is 4.15. The van der Waals surface area contributed by atoms with Crippen LogP contribution in [0.4, 0.5) is 0 Å². The van der Waals surface area contributed by atoms with Gasteiger partial charge in [-0.1, -0.05) is 15.9 Å². The third kappa shape index (κ3) is 3.24. The lowest BCUT2D eigenvalue weighted by molar-refractivity contribution is 0.0859. The molecule has 0 bridgehead atoms. The molecule has 2 heterocycles. The average molecular weight is 349 g/mol. The molecular weight excluding hydrogens is 332 g/mol. The Bertz CT molecular complexity index is 681. The van der Waals surface area contributed by atoms with Gasteiger partial charge in [-0.05, 0) is 44.0 Å². The second-order valence-electron chi connectivity index (χ2n) is 5.32. The number of halogens is 1. The Labute approximate surface area is 132 Å². The van der Waals surface area contributed by atoms with Crippen molar-refractivity contribution in [2.75, 3.05) is 13.2 Å². The van der Waals surface area contributed by atoms with Gasteiger partial charge in [-0.25, -0.2) is 0 Å². The zero-order valence-electron chi connectivity index (χ0n) is 11.9. The molecule has 21 heavy (non-hydrogen) atoms. The predicted molar refractivity (Wildman–Crippen MR) is 85.5 cm³/mol. The molecule has 1 aromatic carbocycles. The lowest BCUT2D eigenvalue weighted by Crippen LogP contribution is -2.32. The van der Waals surface area contributed by atoms with Gasteiger partial charge in [0.05, 0.1) is 17.2 Å². The van der Waals surface area contributed by atoms with Crippen LogP contribution in [0.15, 0.2) is 28.7 Å². The number of hydrogen-bond acceptors (Lipinski definition) is 3. The predicted octanol–water partition coefficient (Wildman–Crippen LogP) is 3.21. The normalized spacial score (nSPS) is 18.1. The number of aryl methyl sites for hydroxylation is 1. The van der Waals surface area contributed by atoms with Crippen molar-refractivity contribution in [3.8, 4) is 0 Å². The van der Waals surface area contributed by atoms with Crippen LogP contribution in [0, 0.1) is 6.92 Å². The molecule has 1 amide bonds. The molecule has 1 aliphatic heterocycles. The Morgan fingerprint density at radius 1 is 1.48 bits per heavy atom. The van der Waals surface area contributed by atoms with Crippen molar-refractivity contribution in [1.82, 2.24) is 10.3 Å². The quantitative estimate of drug-likeness (QED) is 0.926. The van der Waals surface area contributed by atoms with Gasteiger partial charge in [-0.2, -0.15) is 0 Å². The van der Waals surface area contributed by atoms with Crippen LogP contribution in [0.2, 0.25) is 0 Å². The fraction of sp³-hybridized carbons (Fsp3) is 0.375. The lowest BCUT2D eigenvalue weighted by atomic mass is 10.1. The number of aromatic nitrogens is 1. The van der Waals surface area contributed by atoms with E-state index in [9.17, 15) is 4.79 Å². The van der Waals surface area contributed by atoms with Crippen molar-refractivity contribution in [3.63, 3.8) is 0 Å². The first-order valence-corrected chi connectivity index (χ1v) is 7.89. The van der Waals surface area contributed by atoms with Crippen LogP contribution in [0.3, 0.4) is 0 Å². The molecule has 1 aromatic heterocycles. The number of benzene rings is 1. The van der Waals surface area contributed by atoms with Gasteiger partial charge in [0.15, 0.2) is 0 Å². The highest BCUT2D eigenvalue weighted by molar-refractivity contribution is 9.10. The van der Waals surface area contributed by atoms with E-state index in [2.05, 4.69) is 26.2 Å². The molecule has 0 aliphatic carbocycles. The first kappa shape index (κ1) is 14.5. The number of amides is 1. The minimum atomic E-state index is -0.0703. The van der Waals surface area contributed by atoms with Gasteiger partial charge >= 0.3 is 0 Å². The minimum Gasteiger partial charge on any atom is -0.376 e. The zero-order chi connectivity index (χ0) is 14.8. The third-order valence-electron chi connectivity index (χ3n) is 3.66. The van der Waals surface area contributed by atoms with E-state index >= 15 is 0 Å². The second kappa shape index (κ2) is 6.12. The first-order chi connectivity index (χ1) is 10.1. The maximum absolute atomic E-state index is 12.5. The van der Waals surface area contributed by atoms with Crippen molar-refractivity contribution < 1.29 is 9.53 Å². The van der Waals surface area contributed by atoms with Crippen molar-refractivity contribution in [3.05, 3.63) is 40.0 Å². The maximum Gasteiger partial charge on any atom is 0.252 e. The molecule has 1 fully saturated rings. The number of carbonyl (C=O) groups is 1. The van der Waals surface area contributed by atoms with Gasteiger partial charge in [-0.15, -0.1) is 0 Å². The van der Waals surface area contributed by atoms with Crippen LogP contribution in [-0.2, 0) is 4.74 Å². The van der Waals surface area contributed by atoms with Crippen molar-refractivity contribution in [2.24, 2.45) is 0 Å². The summed E-state index contributed by atoms with van der Waals surface area (Å²) in [5, 5.41) is 3.83. The fourth-order valence-electron chi connectivity index (χ4n) is 2.63. The Morgan fingerprint density at radius 3 is 3.10 bits per heavy atom. The Kier molecular flexibility index (Phi) is 4.22. The number of nitrogens with zero attached hydrogens (tertiary/aromatic N) is 1. The number of hydrogen-bond donors (Lipinski definition) is 1. The molecule has 0 radical (unpaired) electrons. The lowest BCUT2D eigenvalue weighted by Gasteiger charge is -2.12. The Hall–Kier alpha value is -1.46. The average Bonchev–Trinajstić information content (AvgIpc) is 2.97. The Morgan fingerprint density at radius 2 is 2.33 bits per heavy atom. The van der Waals surface area contributed by atoms with E-state index in [1.165, 1.54) is 0 Å². The number of carbonyl (C=O) groups excluding carboxylic acids is 1. The molecule has 1 atom stereocenters. The van der Waals surface area contributed by atoms with E-state index < -0.39 is 0 Å². The summed E-state index contributed by atoms with van der Waals surface area (Å²) in [6.45, 7) is 3.26. The van der Waals surface area contributed by atoms with Crippen molar-refractivity contribution >= 4 is 32.7 Å². The van der Waals surface area contributed by atoms with E-state index in [0.717, 1.165) is 40.5 Å². The highest BCUT2D eigenvalue weighted by atomic mass is 79.9. The van der Waals surface area contributed by atoms with E-state index in [-0.39, 0.29) is 12.0 Å². The van der Waals surface area contributed by atoms with Gasteiger partial charge in [0.25, 0.3) is 5.91 Å². The van der Waals surface area contributed by atoms with Gasteiger partial charge in [0.2, 0.25) is 0 Å². The molecule has 110 valence electrons. The number of fused-ring (bicyclic) bond motifs is 1. The summed E-state index contributed by atoms with van der Waals surface area (Å²) in [5.41, 5.74) is 2.34. The topological polar surface area (TPSA) is 51.2 Å². The summed E-state index contributed by atoms with van der Waals surface area (Å²) in [6, 6.07) is 7.62. The standard InChI is InChI=1S/C16H17BrN2O2/c1-10-7-14(13-8-11(17)4-5-15(13)19-10)16(20)18-9-12-3-2-6-21-12/h4-5,7-8,12H,2-3,6,9H2,1H3,(H,18,20)/t12-/m1/s1. The number of ether oxygens (including phenoxy) is 1. The van der Waals surface area contributed by atoms with E-state index in [4.69, 9.17) is 4.74 Å². The zero-order valence-corrected chi connectivity index (χ0v) is 13.4. The second-order valence-corrected chi connectivity index (χ2v) is 6.23. The molecule has 1 N–H and O–H groups in total. The first-order valence-electron chi connectivity index (χ1n) is 7.10. The van der Waals surface area contributed by atoms with Crippen LogP contribution in [0.25, 0.3) is 10.9 Å². The SMILES string of the molecule is Cc1cc(C(=O)NC[C@H]2CCCO2)c2cc(Br)ccc2n1. The Balaban J connectivity index is 1.87. The number of rotatable bonds is 3. The van der Waals surface area contributed by atoms with E-state index in [1.54, 1.807) is 0 Å². The van der Waals surface area contributed by atoms with Crippen LogP contribution >= 0.6 is 15.9 Å². The van der Waals surface area contributed by atoms with Crippen molar-refractivity contribution in [2.45, 2.75) is 25.9 Å². The van der Waals surface area contributed by atoms with Crippen molar-refractivity contribution in [1.29, 1.82) is 0 Å². The molecule has 0 saturated carbocycles. The van der Waals surface area contributed by atoms with Gasteiger partial charge in [0.1, 0.15) is 0 Å². The molecule has 4 nitrogen and oxygen atoms in total. The summed E-state index contributed by atoms with van der Waals surface area (Å²) in [5.74, 6) is -0.0703.